The fourth-order valence-corrected chi connectivity index (χ4v) is 2.90. The highest BCUT2D eigenvalue weighted by Crippen LogP contribution is 2.41. The molecule has 1 saturated heterocycles. The lowest BCUT2D eigenvalue weighted by Gasteiger charge is -2.41. The van der Waals surface area contributed by atoms with Crippen LogP contribution in [0.2, 0.25) is 0 Å². The number of benzene rings is 1. The molecule has 1 amide bonds. The van der Waals surface area contributed by atoms with E-state index >= 15 is 0 Å². The summed E-state index contributed by atoms with van der Waals surface area (Å²) in [4.78, 5) is 13.8. The molecule has 0 radical (unpaired) electrons. The number of nitrogens with zero attached hydrogens (tertiary/aromatic N) is 1. The van der Waals surface area contributed by atoms with Crippen molar-refractivity contribution in [2.24, 2.45) is 0 Å². The molecular weight excluding hydrogens is 321 g/mol. The summed E-state index contributed by atoms with van der Waals surface area (Å²) in [5, 5.41) is 2.77. The van der Waals surface area contributed by atoms with E-state index in [1.165, 1.54) is 5.56 Å². The first-order valence-corrected chi connectivity index (χ1v) is 8.02. The molecule has 1 aromatic carbocycles. The molecule has 134 valence electrons. The minimum absolute atomic E-state index is 0.0766. The van der Waals surface area contributed by atoms with Crippen LogP contribution in [0.5, 0.6) is 0 Å². The Balaban J connectivity index is 1.85. The summed E-state index contributed by atoms with van der Waals surface area (Å²) >= 11 is 0. The van der Waals surface area contributed by atoms with Crippen LogP contribution in [0.15, 0.2) is 24.3 Å². The summed E-state index contributed by atoms with van der Waals surface area (Å²) in [7, 11) is 1.09. The Morgan fingerprint density at radius 2 is 1.83 bits per heavy atom. The number of likely N-dealkylation sites (tertiary alicyclic amines) is 1. The van der Waals surface area contributed by atoms with E-state index in [1.54, 1.807) is 4.90 Å². The van der Waals surface area contributed by atoms with E-state index in [4.69, 9.17) is 4.74 Å². The van der Waals surface area contributed by atoms with Crippen LogP contribution in [0.3, 0.4) is 0 Å². The first-order chi connectivity index (χ1) is 11.3. The Labute approximate surface area is 140 Å². The third-order valence-electron chi connectivity index (χ3n) is 4.58. The number of hydrogen-bond acceptors (Lipinski definition) is 3. The van der Waals surface area contributed by atoms with Crippen molar-refractivity contribution in [2.45, 2.75) is 38.0 Å². The zero-order chi connectivity index (χ0) is 17.8. The maximum absolute atomic E-state index is 13.1. The topological polar surface area (TPSA) is 41.6 Å². The van der Waals surface area contributed by atoms with Crippen LogP contribution in [0.1, 0.15) is 25.3 Å². The van der Waals surface area contributed by atoms with Gasteiger partial charge in [0.2, 0.25) is 5.91 Å². The number of rotatable bonds is 5. The zero-order valence-electron chi connectivity index (χ0n) is 13.9. The fourth-order valence-electron chi connectivity index (χ4n) is 2.90. The highest BCUT2D eigenvalue weighted by Gasteiger charge is 2.56. The number of halogens is 3. The van der Waals surface area contributed by atoms with E-state index in [0.717, 1.165) is 13.5 Å². The summed E-state index contributed by atoms with van der Waals surface area (Å²) < 4.78 is 44.1. The average Bonchev–Trinajstić information content (AvgIpc) is 2.55. The number of aryl methyl sites for hydroxylation is 1. The molecule has 1 aliphatic rings. The zero-order valence-corrected chi connectivity index (χ0v) is 13.9. The van der Waals surface area contributed by atoms with Crippen molar-refractivity contribution in [3.8, 4) is 0 Å². The predicted molar refractivity (Wildman–Crippen MR) is 85.9 cm³/mol. The van der Waals surface area contributed by atoms with Gasteiger partial charge in [0.25, 0.3) is 0 Å². The minimum atomic E-state index is -4.39. The molecule has 2 rings (SSSR count). The Morgan fingerprint density at radius 1 is 1.25 bits per heavy atom. The van der Waals surface area contributed by atoms with E-state index in [0.29, 0.717) is 5.69 Å². The Morgan fingerprint density at radius 3 is 2.29 bits per heavy atom. The summed E-state index contributed by atoms with van der Waals surface area (Å²) in [6.07, 6.45) is -3.80. The van der Waals surface area contributed by atoms with Gasteiger partial charge < -0.3 is 10.1 Å². The van der Waals surface area contributed by atoms with Crippen LogP contribution in [-0.2, 0) is 16.0 Å². The fraction of sp³-hybridized carbons (Fsp3) is 0.588. The number of nitrogens with one attached hydrogen (secondary N) is 1. The van der Waals surface area contributed by atoms with Gasteiger partial charge in [0.05, 0.1) is 6.54 Å². The molecule has 0 aliphatic carbocycles. The van der Waals surface area contributed by atoms with E-state index in [1.807, 2.05) is 31.2 Å². The van der Waals surface area contributed by atoms with Gasteiger partial charge in [0.15, 0.2) is 5.60 Å². The van der Waals surface area contributed by atoms with Crippen molar-refractivity contribution in [1.29, 1.82) is 0 Å². The summed E-state index contributed by atoms with van der Waals surface area (Å²) in [6.45, 7) is 2.48. The predicted octanol–water partition coefficient (Wildman–Crippen LogP) is 3.23. The van der Waals surface area contributed by atoms with Crippen molar-refractivity contribution in [1.82, 2.24) is 4.90 Å². The van der Waals surface area contributed by atoms with Gasteiger partial charge in [0.1, 0.15) is 0 Å². The first-order valence-electron chi connectivity index (χ1n) is 8.02. The Hall–Kier alpha value is -1.60. The summed E-state index contributed by atoms with van der Waals surface area (Å²) in [6, 6.07) is 7.53. The van der Waals surface area contributed by atoms with Crippen molar-refractivity contribution in [2.75, 3.05) is 32.1 Å². The highest BCUT2D eigenvalue weighted by molar-refractivity contribution is 5.92. The largest absolute Gasteiger partial charge is 0.417 e. The van der Waals surface area contributed by atoms with Crippen LogP contribution >= 0.6 is 0 Å². The van der Waals surface area contributed by atoms with Gasteiger partial charge in [-0.2, -0.15) is 13.2 Å². The lowest BCUT2D eigenvalue weighted by Crippen LogP contribution is -2.55. The van der Waals surface area contributed by atoms with E-state index in [-0.39, 0.29) is 38.4 Å². The number of methoxy groups -OCH3 is 1. The van der Waals surface area contributed by atoms with Crippen molar-refractivity contribution in [3.63, 3.8) is 0 Å². The lowest BCUT2D eigenvalue weighted by atomic mass is 9.90. The van der Waals surface area contributed by atoms with Gasteiger partial charge in [-0.3, -0.25) is 9.69 Å². The molecule has 1 aliphatic heterocycles. The van der Waals surface area contributed by atoms with Gasteiger partial charge in [0, 0.05) is 25.9 Å². The molecule has 1 fully saturated rings. The molecular formula is C17H23F3N2O2. The number of carbonyl (C=O) groups excluding carboxylic acids is 1. The molecule has 1 aromatic rings. The van der Waals surface area contributed by atoms with Gasteiger partial charge in [-0.1, -0.05) is 19.1 Å². The number of piperidine rings is 1. The molecule has 24 heavy (non-hydrogen) atoms. The van der Waals surface area contributed by atoms with Crippen LogP contribution in [0.25, 0.3) is 0 Å². The van der Waals surface area contributed by atoms with Crippen molar-refractivity contribution in [3.05, 3.63) is 29.8 Å². The number of hydrogen-bond donors (Lipinski definition) is 1. The first kappa shape index (κ1) is 18.7. The van der Waals surface area contributed by atoms with Crippen LogP contribution in [0, 0.1) is 0 Å². The molecule has 7 heteroatoms. The molecule has 0 saturated carbocycles. The third-order valence-corrected chi connectivity index (χ3v) is 4.58. The second-order valence-corrected chi connectivity index (χ2v) is 6.07. The van der Waals surface area contributed by atoms with Gasteiger partial charge in [-0.15, -0.1) is 0 Å². The SMILES string of the molecule is CCc1ccc(NC(=O)CN2CCC(OC)(C(F)(F)F)CC2)cc1. The van der Waals surface area contributed by atoms with Crippen LogP contribution in [0.4, 0.5) is 18.9 Å². The Kier molecular flexibility index (Phi) is 5.87. The maximum Gasteiger partial charge on any atom is 0.417 e. The molecule has 1 heterocycles. The van der Waals surface area contributed by atoms with Crippen LogP contribution in [-0.4, -0.2) is 49.3 Å². The smallest absolute Gasteiger partial charge is 0.369 e. The van der Waals surface area contributed by atoms with Gasteiger partial charge in [-0.05, 0) is 37.0 Å². The number of amides is 1. The van der Waals surface area contributed by atoms with Gasteiger partial charge >= 0.3 is 6.18 Å². The Bertz CT molecular complexity index is 550. The molecule has 4 nitrogen and oxygen atoms in total. The number of anilines is 1. The number of alkyl halides is 3. The molecule has 0 spiro atoms. The molecule has 1 N–H and O–H groups in total. The normalized spacial score (nSPS) is 18.4. The summed E-state index contributed by atoms with van der Waals surface area (Å²) in [5.74, 6) is -0.226. The quantitative estimate of drug-likeness (QED) is 0.892. The van der Waals surface area contributed by atoms with E-state index < -0.39 is 11.8 Å². The number of ether oxygens (including phenoxy) is 1. The van der Waals surface area contributed by atoms with Crippen molar-refractivity contribution >= 4 is 11.6 Å². The summed E-state index contributed by atoms with van der Waals surface area (Å²) in [5.41, 5.74) is -0.224. The minimum Gasteiger partial charge on any atom is -0.369 e. The molecule has 0 aromatic heterocycles. The molecule has 0 atom stereocenters. The van der Waals surface area contributed by atoms with Crippen LogP contribution < -0.4 is 5.32 Å². The number of carbonyl (C=O) groups is 1. The monoisotopic (exact) mass is 344 g/mol. The highest BCUT2D eigenvalue weighted by atomic mass is 19.4. The molecule has 0 unspecified atom stereocenters. The average molecular weight is 344 g/mol. The standard InChI is InChI=1S/C17H23F3N2O2/c1-3-13-4-6-14(7-5-13)21-15(23)12-22-10-8-16(24-2,9-11-22)17(18,19)20/h4-7H,3,8-12H2,1-2H3,(H,21,23). The molecule has 0 bridgehead atoms. The van der Waals surface area contributed by atoms with E-state index in [9.17, 15) is 18.0 Å². The third kappa shape index (κ3) is 4.27. The van der Waals surface area contributed by atoms with Gasteiger partial charge in [-0.25, -0.2) is 0 Å². The lowest BCUT2D eigenvalue weighted by molar-refractivity contribution is -0.282. The maximum atomic E-state index is 13.1. The van der Waals surface area contributed by atoms with Crippen molar-refractivity contribution < 1.29 is 22.7 Å². The van der Waals surface area contributed by atoms with E-state index in [2.05, 4.69) is 5.32 Å². The second kappa shape index (κ2) is 7.53. The second-order valence-electron chi connectivity index (χ2n) is 6.07.